The molecule has 6 heteroatoms. The van der Waals surface area contributed by atoms with Crippen molar-refractivity contribution in [2.45, 2.75) is 23.0 Å². The van der Waals surface area contributed by atoms with Crippen molar-refractivity contribution < 1.29 is 14.3 Å². The molecular weight excluding hydrogens is 408 g/mol. The van der Waals surface area contributed by atoms with E-state index in [1.165, 1.54) is 38.5 Å². The second-order valence-corrected chi connectivity index (χ2v) is 11.0. The van der Waals surface area contributed by atoms with Crippen molar-refractivity contribution >= 4 is 53.9 Å². The highest BCUT2D eigenvalue weighted by Gasteiger charge is 2.53. The molecule has 28 heavy (non-hydrogen) atoms. The molecular formula is C22H18O3S3. The minimum absolute atomic E-state index is 0.158. The van der Waals surface area contributed by atoms with Gasteiger partial charge in [-0.15, -0.1) is 0 Å². The van der Waals surface area contributed by atoms with Gasteiger partial charge in [0.1, 0.15) is 0 Å². The maximum atomic E-state index is 13.1. The van der Waals surface area contributed by atoms with Gasteiger partial charge in [0, 0.05) is 16.9 Å². The van der Waals surface area contributed by atoms with E-state index in [4.69, 9.17) is 4.74 Å². The first-order chi connectivity index (χ1) is 13.5. The van der Waals surface area contributed by atoms with E-state index in [0.717, 1.165) is 16.0 Å². The molecule has 4 rings (SSSR count). The van der Waals surface area contributed by atoms with Crippen LogP contribution in [0.1, 0.15) is 21.5 Å². The van der Waals surface area contributed by atoms with Crippen molar-refractivity contribution in [3.8, 4) is 0 Å². The molecule has 3 aromatic rings. The molecule has 0 bridgehead atoms. The van der Waals surface area contributed by atoms with E-state index in [1.807, 2.05) is 37.3 Å². The number of esters is 1. The number of ether oxygens (including phenoxy) is 1. The molecule has 0 N–H and O–H groups in total. The van der Waals surface area contributed by atoms with Gasteiger partial charge in [0.25, 0.3) is 0 Å². The predicted molar refractivity (Wildman–Crippen MR) is 119 cm³/mol. The van der Waals surface area contributed by atoms with Crippen LogP contribution in [0.15, 0.2) is 65.6 Å². The lowest BCUT2D eigenvalue weighted by Gasteiger charge is -2.22. The average molecular weight is 427 g/mol. The Morgan fingerprint density at radius 1 is 1.04 bits per heavy atom. The summed E-state index contributed by atoms with van der Waals surface area (Å²) in [5, 5.41) is 2.35. The van der Waals surface area contributed by atoms with Crippen molar-refractivity contribution in [3.63, 3.8) is 0 Å². The normalized spacial score (nSPS) is 18.3. The largest absolute Gasteiger partial charge is 0.468 e. The number of hydrogen-bond donors (Lipinski definition) is 0. The highest BCUT2D eigenvalue weighted by Crippen LogP contribution is 2.52. The highest BCUT2D eigenvalue weighted by molar-refractivity contribution is 9.09. The zero-order valence-electron chi connectivity index (χ0n) is 15.4. The van der Waals surface area contributed by atoms with Crippen LogP contribution >= 0.6 is 31.4 Å². The van der Waals surface area contributed by atoms with Crippen molar-refractivity contribution in [2.24, 2.45) is 0 Å². The highest BCUT2D eigenvalue weighted by atomic mass is 33.5. The van der Waals surface area contributed by atoms with Crippen molar-refractivity contribution in [1.29, 1.82) is 0 Å². The molecule has 1 aliphatic carbocycles. The van der Waals surface area contributed by atoms with E-state index in [1.54, 1.807) is 10.8 Å². The molecule has 0 fully saturated rings. The molecule has 0 aromatic heterocycles. The molecule has 0 unspecified atom stereocenters. The SMILES string of the molecule is COC(=O)[C@]1(SSSc2ccc3ccccc3c2)Cc2ccc(C)cc2C1=O. The quantitative estimate of drug-likeness (QED) is 0.288. The van der Waals surface area contributed by atoms with Crippen LogP contribution in [0.2, 0.25) is 0 Å². The van der Waals surface area contributed by atoms with Crippen molar-refractivity contribution in [3.05, 3.63) is 77.4 Å². The number of hydrogen-bond acceptors (Lipinski definition) is 6. The van der Waals surface area contributed by atoms with Crippen LogP contribution in [0.25, 0.3) is 10.8 Å². The van der Waals surface area contributed by atoms with Crippen molar-refractivity contribution in [1.82, 2.24) is 0 Å². The monoisotopic (exact) mass is 426 g/mol. The fourth-order valence-corrected chi connectivity index (χ4v) is 8.13. The summed E-state index contributed by atoms with van der Waals surface area (Å²) in [6, 6.07) is 20.2. The summed E-state index contributed by atoms with van der Waals surface area (Å²) in [6.45, 7) is 1.95. The minimum Gasteiger partial charge on any atom is -0.468 e. The van der Waals surface area contributed by atoms with Gasteiger partial charge < -0.3 is 4.74 Å². The summed E-state index contributed by atoms with van der Waals surface area (Å²) < 4.78 is 3.80. The Labute approximate surface area is 175 Å². The lowest BCUT2D eigenvalue weighted by Crippen LogP contribution is -2.41. The van der Waals surface area contributed by atoms with E-state index in [0.29, 0.717) is 12.0 Å². The summed E-state index contributed by atoms with van der Waals surface area (Å²) in [5.74, 6) is -0.641. The van der Waals surface area contributed by atoms with Gasteiger partial charge in [0.15, 0.2) is 10.5 Å². The van der Waals surface area contributed by atoms with E-state index < -0.39 is 10.7 Å². The molecule has 0 radical (unpaired) electrons. The third-order valence-electron chi connectivity index (χ3n) is 4.86. The molecule has 0 amide bonds. The van der Waals surface area contributed by atoms with E-state index in [2.05, 4.69) is 30.3 Å². The number of benzene rings is 3. The minimum atomic E-state index is -1.22. The van der Waals surface area contributed by atoms with E-state index >= 15 is 0 Å². The summed E-state index contributed by atoms with van der Waals surface area (Å²) in [6.07, 6.45) is 0.365. The lowest BCUT2D eigenvalue weighted by molar-refractivity contribution is -0.141. The van der Waals surface area contributed by atoms with E-state index in [9.17, 15) is 9.59 Å². The molecule has 0 aliphatic heterocycles. The van der Waals surface area contributed by atoms with Gasteiger partial charge in [0.05, 0.1) is 7.11 Å². The predicted octanol–water partition coefficient (Wildman–Crippen LogP) is 5.89. The lowest BCUT2D eigenvalue weighted by atomic mass is 10.0. The van der Waals surface area contributed by atoms with Gasteiger partial charge >= 0.3 is 5.97 Å². The summed E-state index contributed by atoms with van der Waals surface area (Å²) >= 11 is 0. The third kappa shape index (κ3) is 3.45. The van der Waals surface area contributed by atoms with E-state index in [-0.39, 0.29) is 5.78 Å². The van der Waals surface area contributed by atoms with Crippen LogP contribution < -0.4 is 0 Å². The fourth-order valence-electron chi connectivity index (χ4n) is 3.39. The van der Waals surface area contributed by atoms with Crippen LogP contribution in [0, 0.1) is 6.92 Å². The number of fused-ring (bicyclic) bond motifs is 2. The zero-order chi connectivity index (χ0) is 19.7. The Morgan fingerprint density at radius 3 is 2.61 bits per heavy atom. The van der Waals surface area contributed by atoms with Gasteiger partial charge in [-0.05, 0) is 62.1 Å². The van der Waals surface area contributed by atoms with Gasteiger partial charge in [0.2, 0.25) is 0 Å². The molecule has 3 aromatic carbocycles. The Morgan fingerprint density at radius 2 is 1.82 bits per heavy atom. The van der Waals surface area contributed by atoms with Crippen LogP contribution in [0.5, 0.6) is 0 Å². The van der Waals surface area contributed by atoms with Gasteiger partial charge in [-0.25, -0.2) is 0 Å². The molecule has 0 saturated heterocycles. The molecule has 0 heterocycles. The van der Waals surface area contributed by atoms with Crippen LogP contribution in [0.4, 0.5) is 0 Å². The maximum Gasteiger partial charge on any atom is 0.331 e. The van der Waals surface area contributed by atoms with Gasteiger partial charge in [-0.3, -0.25) is 9.59 Å². The summed E-state index contributed by atoms with van der Waals surface area (Å²) in [7, 11) is 5.63. The van der Waals surface area contributed by atoms with Crippen LogP contribution in [-0.2, 0) is 16.0 Å². The average Bonchev–Trinajstić information content (AvgIpc) is 3.00. The Kier molecular flexibility index (Phi) is 5.45. The summed E-state index contributed by atoms with van der Waals surface area (Å²) in [4.78, 5) is 26.9. The number of ketones is 1. The molecule has 1 aliphatic rings. The maximum absolute atomic E-state index is 13.1. The fraction of sp³-hybridized carbons (Fsp3) is 0.182. The van der Waals surface area contributed by atoms with Crippen LogP contribution in [-0.4, -0.2) is 23.6 Å². The number of methoxy groups -OCH3 is 1. The first-order valence-corrected chi connectivity index (χ1v) is 12.3. The van der Waals surface area contributed by atoms with Crippen molar-refractivity contribution in [2.75, 3.05) is 7.11 Å². The standard InChI is InChI=1S/C22H18O3S3/c1-14-7-8-17-13-22(21(24)25-2,20(23)19(17)11-14)27-28-26-18-10-9-15-5-3-4-6-16(15)12-18/h3-12H,13H2,1-2H3/t22-/m0/s1. The number of carbonyl (C=O) groups is 2. The number of carbonyl (C=O) groups excluding carboxylic acids is 2. The second-order valence-electron chi connectivity index (χ2n) is 6.73. The summed E-state index contributed by atoms with van der Waals surface area (Å²) in [5.41, 5.74) is 2.55. The molecule has 0 spiro atoms. The molecule has 0 saturated carbocycles. The number of Topliss-reactive ketones (excluding diaryl/α,β-unsaturated/α-hetero) is 1. The topological polar surface area (TPSA) is 43.4 Å². The number of rotatable bonds is 5. The zero-order valence-corrected chi connectivity index (χ0v) is 17.9. The Balaban J connectivity index is 1.55. The number of aryl methyl sites for hydroxylation is 1. The molecule has 1 atom stereocenters. The Bertz CT molecular complexity index is 1080. The Hall–Kier alpha value is -1.89. The molecule has 3 nitrogen and oxygen atoms in total. The van der Waals surface area contributed by atoms with Crippen LogP contribution in [0.3, 0.4) is 0 Å². The third-order valence-corrected chi connectivity index (χ3v) is 9.29. The first kappa shape index (κ1) is 19.4. The second kappa shape index (κ2) is 7.85. The molecule has 142 valence electrons. The first-order valence-electron chi connectivity index (χ1n) is 8.77. The smallest absolute Gasteiger partial charge is 0.331 e. The van der Waals surface area contributed by atoms with Gasteiger partial charge in [-0.1, -0.05) is 58.8 Å². The van der Waals surface area contributed by atoms with Gasteiger partial charge in [-0.2, -0.15) is 0 Å².